The Hall–Kier alpha value is -0.580. The molecule has 0 aliphatic heterocycles. The van der Waals surface area contributed by atoms with Gasteiger partial charge in [0.1, 0.15) is 0 Å². The number of hydrogen-bond donors (Lipinski definition) is 1. The second-order valence-corrected chi connectivity index (χ2v) is 3.97. The lowest BCUT2D eigenvalue weighted by Gasteiger charge is -2.05. The molecule has 1 N–H and O–H groups in total. The third-order valence-electron chi connectivity index (χ3n) is 1.71. The number of carbonyl (C=O) groups is 1. The Kier molecular flexibility index (Phi) is 2.72. The summed E-state index contributed by atoms with van der Waals surface area (Å²) in [6.07, 6.45) is 0. The highest BCUT2D eigenvalue weighted by molar-refractivity contribution is 14.1. The number of carboxylic acid groups (broad SMARTS) is 1. The van der Waals surface area contributed by atoms with Crippen LogP contribution in [0.15, 0.2) is 12.1 Å². The van der Waals surface area contributed by atoms with E-state index in [9.17, 15) is 4.79 Å². The second kappa shape index (κ2) is 3.43. The van der Waals surface area contributed by atoms with Crippen molar-refractivity contribution in [3.63, 3.8) is 0 Å². The molecule has 0 aliphatic rings. The van der Waals surface area contributed by atoms with Gasteiger partial charge in [-0.15, -0.1) is 0 Å². The van der Waals surface area contributed by atoms with E-state index in [1.807, 2.05) is 26.0 Å². The number of hydrogen-bond acceptors (Lipinski definition) is 1. The molecule has 3 heteroatoms. The predicted molar refractivity (Wildman–Crippen MR) is 55.6 cm³/mol. The first-order valence-electron chi connectivity index (χ1n) is 3.52. The van der Waals surface area contributed by atoms with Gasteiger partial charge in [0.2, 0.25) is 0 Å². The molecule has 0 saturated carbocycles. The third-order valence-corrected chi connectivity index (χ3v) is 2.33. The Morgan fingerprint density at radius 3 is 2.08 bits per heavy atom. The van der Waals surface area contributed by atoms with Crippen molar-refractivity contribution < 1.29 is 9.90 Å². The van der Waals surface area contributed by atoms with Crippen LogP contribution in [-0.4, -0.2) is 11.1 Å². The van der Waals surface area contributed by atoms with Gasteiger partial charge in [0.05, 0.1) is 5.56 Å². The predicted octanol–water partition coefficient (Wildman–Crippen LogP) is 2.61. The molecule has 0 amide bonds. The van der Waals surface area contributed by atoms with E-state index < -0.39 is 5.97 Å². The van der Waals surface area contributed by atoms with Gasteiger partial charge in [-0.05, 0) is 59.7 Å². The van der Waals surface area contributed by atoms with Gasteiger partial charge >= 0.3 is 5.97 Å². The van der Waals surface area contributed by atoms with E-state index in [0.717, 1.165) is 14.7 Å². The highest BCUT2D eigenvalue weighted by Gasteiger charge is 2.10. The van der Waals surface area contributed by atoms with Crippen molar-refractivity contribution in [2.75, 3.05) is 0 Å². The number of rotatable bonds is 1. The van der Waals surface area contributed by atoms with E-state index >= 15 is 0 Å². The van der Waals surface area contributed by atoms with Gasteiger partial charge in [-0.1, -0.05) is 0 Å². The van der Waals surface area contributed by atoms with Gasteiger partial charge in [-0.25, -0.2) is 4.79 Å². The van der Waals surface area contributed by atoms with Crippen molar-refractivity contribution in [3.8, 4) is 0 Å². The summed E-state index contributed by atoms with van der Waals surface area (Å²) in [6, 6.07) is 3.74. The third kappa shape index (κ3) is 1.77. The lowest BCUT2D eigenvalue weighted by molar-refractivity contribution is 0.0695. The molecular formula is C9H9IO2. The van der Waals surface area contributed by atoms with Crippen LogP contribution in [0.4, 0.5) is 0 Å². The van der Waals surface area contributed by atoms with Crippen LogP contribution < -0.4 is 0 Å². The topological polar surface area (TPSA) is 37.3 Å². The summed E-state index contributed by atoms with van der Waals surface area (Å²) in [7, 11) is 0. The maximum atomic E-state index is 10.8. The zero-order chi connectivity index (χ0) is 9.30. The van der Waals surface area contributed by atoms with E-state index in [1.54, 1.807) is 0 Å². The number of carboxylic acids is 1. The van der Waals surface area contributed by atoms with Crippen LogP contribution >= 0.6 is 22.6 Å². The van der Waals surface area contributed by atoms with E-state index in [-0.39, 0.29) is 0 Å². The normalized spacial score (nSPS) is 9.92. The first-order valence-corrected chi connectivity index (χ1v) is 4.60. The quantitative estimate of drug-likeness (QED) is 0.800. The van der Waals surface area contributed by atoms with Crippen LogP contribution in [0.1, 0.15) is 21.5 Å². The van der Waals surface area contributed by atoms with Crippen molar-refractivity contribution in [1.82, 2.24) is 0 Å². The Labute approximate surface area is 84.7 Å². The summed E-state index contributed by atoms with van der Waals surface area (Å²) in [5.74, 6) is -0.846. The fraction of sp³-hybridized carbons (Fsp3) is 0.222. The highest BCUT2D eigenvalue weighted by Crippen LogP contribution is 2.17. The van der Waals surface area contributed by atoms with Crippen LogP contribution in [0.5, 0.6) is 0 Å². The fourth-order valence-corrected chi connectivity index (χ4v) is 2.18. The molecule has 0 heterocycles. The van der Waals surface area contributed by atoms with Gasteiger partial charge in [0.15, 0.2) is 0 Å². The standard InChI is InChI=1S/C9H9IO2/c1-5-3-7(10)4-6(2)8(5)9(11)12/h3-4H,1-2H3,(H,11,12). The SMILES string of the molecule is Cc1cc(I)cc(C)c1C(=O)O. The summed E-state index contributed by atoms with van der Waals surface area (Å²) in [5, 5.41) is 8.83. The van der Waals surface area contributed by atoms with Gasteiger partial charge < -0.3 is 5.11 Å². The lowest BCUT2D eigenvalue weighted by atomic mass is 10.0. The maximum absolute atomic E-state index is 10.8. The average Bonchev–Trinajstić information content (AvgIpc) is 1.82. The Balaban J connectivity index is 3.38. The van der Waals surface area contributed by atoms with E-state index in [0.29, 0.717) is 5.56 Å². The minimum Gasteiger partial charge on any atom is -0.478 e. The molecule has 12 heavy (non-hydrogen) atoms. The molecule has 0 saturated heterocycles. The van der Waals surface area contributed by atoms with Crippen LogP contribution in [0.3, 0.4) is 0 Å². The summed E-state index contributed by atoms with van der Waals surface area (Å²) >= 11 is 2.18. The summed E-state index contributed by atoms with van der Waals surface area (Å²) < 4.78 is 1.08. The van der Waals surface area contributed by atoms with Gasteiger partial charge in [-0.3, -0.25) is 0 Å². The molecule has 64 valence electrons. The monoisotopic (exact) mass is 276 g/mol. The minimum atomic E-state index is -0.846. The van der Waals surface area contributed by atoms with Crippen LogP contribution in [0.2, 0.25) is 0 Å². The first kappa shape index (κ1) is 9.51. The molecule has 0 aromatic heterocycles. The molecule has 0 bridgehead atoms. The van der Waals surface area contributed by atoms with Gasteiger partial charge in [-0.2, -0.15) is 0 Å². The minimum absolute atomic E-state index is 0.426. The summed E-state index contributed by atoms with van der Waals surface area (Å²) in [4.78, 5) is 10.8. The van der Waals surface area contributed by atoms with E-state index in [2.05, 4.69) is 22.6 Å². The van der Waals surface area contributed by atoms with Crippen molar-refractivity contribution in [2.45, 2.75) is 13.8 Å². The van der Waals surface area contributed by atoms with Crippen LogP contribution in [0, 0.1) is 17.4 Å². The van der Waals surface area contributed by atoms with E-state index in [4.69, 9.17) is 5.11 Å². The average molecular weight is 276 g/mol. The summed E-state index contributed by atoms with van der Waals surface area (Å²) in [5.41, 5.74) is 2.08. The van der Waals surface area contributed by atoms with Crippen LogP contribution in [0.25, 0.3) is 0 Å². The molecule has 0 radical (unpaired) electrons. The Bertz CT molecular complexity index is 308. The smallest absolute Gasteiger partial charge is 0.336 e. The zero-order valence-electron chi connectivity index (χ0n) is 6.89. The first-order chi connectivity index (χ1) is 5.52. The molecule has 1 rings (SSSR count). The number of aryl methyl sites for hydroxylation is 2. The number of halogens is 1. The molecule has 0 fully saturated rings. The number of aromatic carboxylic acids is 1. The molecule has 0 unspecified atom stereocenters. The maximum Gasteiger partial charge on any atom is 0.336 e. The Morgan fingerprint density at radius 2 is 1.75 bits per heavy atom. The Morgan fingerprint density at radius 1 is 1.33 bits per heavy atom. The largest absolute Gasteiger partial charge is 0.478 e. The molecule has 0 spiro atoms. The molecule has 0 atom stereocenters. The molecular weight excluding hydrogens is 267 g/mol. The lowest BCUT2D eigenvalue weighted by Crippen LogP contribution is -2.03. The molecule has 0 aliphatic carbocycles. The van der Waals surface area contributed by atoms with Crippen molar-refractivity contribution in [3.05, 3.63) is 32.4 Å². The summed E-state index contributed by atoms with van der Waals surface area (Å²) in [6.45, 7) is 3.64. The van der Waals surface area contributed by atoms with Crippen molar-refractivity contribution in [1.29, 1.82) is 0 Å². The molecule has 1 aromatic rings. The molecule has 1 aromatic carbocycles. The second-order valence-electron chi connectivity index (χ2n) is 2.72. The fourth-order valence-electron chi connectivity index (χ4n) is 1.25. The highest BCUT2D eigenvalue weighted by atomic mass is 127. The van der Waals surface area contributed by atoms with Crippen LogP contribution in [-0.2, 0) is 0 Å². The van der Waals surface area contributed by atoms with E-state index in [1.165, 1.54) is 0 Å². The molecule has 2 nitrogen and oxygen atoms in total. The van der Waals surface area contributed by atoms with Gasteiger partial charge in [0, 0.05) is 3.57 Å². The van der Waals surface area contributed by atoms with Gasteiger partial charge in [0.25, 0.3) is 0 Å². The number of benzene rings is 1. The van der Waals surface area contributed by atoms with Crippen molar-refractivity contribution >= 4 is 28.6 Å². The zero-order valence-corrected chi connectivity index (χ0v) is 9.05. The van der Waals surface area contributed by atoms with Crippen molar-refractivity contribution in [2.24, 2.45) is 0 Å².